The zero-order chi connectivity index (χ0) is 25.5. The van der Waals surface area contributed by atoms with Crippen molar-refractivity contribution in [1.29, 1.82) is 0 Å². The van der Waals surface area contributed by atoms with E-state index in [1.54, 1.807) is 12.1 Å². The molecule has 0 heterocycles. The van der Waals surface area contributed by atoms with Gasteiger partial charge in [-0.05, 0) is 54.7 Å². The molecule has 0 saturated heterocycles. The molecule has 1 atom stereocenters. The van der Waals surface area contributed by atoms with Crippen LogP contribution < -0.4 is 4.74 Å². The lowest BCUT2D eigenvalue weighted by molar-refractivity contribution is -0.180. The van der Waals surface area contributed by atoms with Crippen LogP contribution in [-0.2, 0) is 4.74 Å². The number of carbonyl (C=O) groups excluding carboxylic acids is 1. The van der Waals surface area contributed by atoms with Crippen molar-refractivity contribution in [2.24, 2.45) is 5.92 Å². The molecule has 0 fully saturated rings. The third kappa shape index (κ3) is 10.7. The van der Waals surface area contributed by atoms with Gasteiger partial charge in [0.2, 0.25) is 0 Å². The summed E-state index contributed by atoms with van der Waals surface area (Å²) in [4.78, 5) is 12.3. The van der Waals surface area contributed by atoms with E-state index < -0.39 is 18.1 Å². The van der Waals surface area contributed by atoms with Crippen LogP contribution in [-0.4, -0.2) is 25.4 Å². The van der Waals surface area contributed by atoms with E-state index >= 15 is 0 Å². The molecular formula is C29H39F3O3. The summed E-state index contributed by atoms with van der Waals surface area (Å²) in [5, 5.41) is 0. The van der Waals surface area contributed by atoms with Gasteiger partial charge < -0.3 is 9.47 Å². The highest BCUT2D eigenvalue weighted by Crippen LogP contribution is 2.33. The molecule has 2 rings (SSSR count). The second-order valence-electron chi connectivity index (χ2n) is 9.02. The number of alkyl halides is 3. The maximum atomic E-state index is 13.1. The first-order valence-electron chi connectivity index (χ1n) is 12.9. The summed E-state index contributed by atoms with van der Waals surface area (Å²) in [5.74, 6) is -1.21. The molecule has 0 aliphatic heterocycles. The highest BCUT2D eigenvalue weighted by atomic mass is 19.4. The molecule has 0 saturated carbocycles. The zero-order valence-corrected chi connectivity index (χ0v) is 21.0. The summed E-state index contributed by atoms with van der Waals surface area (Å²) < 4.78 is 50.2. The van der Waals surface area contributed by atoms with Gasteiger partial charge in [0.15, 0.2) is 0 Å². The largest absolute Gasteiger partial charge is 0.494 e. The topological polar surface area (TPSA) is 35.5 Å². The van der Waals surface area contributed by atoms with Crippen molar-refractivity contribution in [2.45, 2.75) is 84.2 Å². The number of ether oxygens (including phenoxy) is 2. The molecule has 2 aromatic rings. The van der Waals surface area contributed by atoms with Crippen molar-refractivity contribution >= 4 is 5.97 Å². The van der Waals surface area contributed by atoms with Crippen molar-refractivity contribution in [1.82, 2.24) is 0 Å². The van der Waals surface area contributed by atoms with Crippen molar-refractivity contribution in [2.75, 3.05) is 13.2 Å². The zero-order valence-electron chi connectivity index (χ0n) is 21.0. The maximum Gasteiger partial charge on any atom is 0.391 e. The van der Waals surface area contributed by atoms with Crippen molar-refractivity contribution < 1.29 is 27.4 Å². The Labute approximate surface area is 208 Å². The van der Waals surface area contributed by atoms with Crippen LogP contribution in [0.5, 0.6) is 5.75 Å². The molecule has 0 radical (unpaired) electrons. The Hall–Kier alpha value is -2.50. The van der Waals surface area contributed by atoms with Gasteiger partial charge >= 0.3 is 12.1 Å². The SMILES string of the molecule is CCCCCCCCOc1ccc(-c2ccc(C(=O)OCCC(CCCC)C(F)(F)F)cc2)cc1. The predicted molar refractivity (Wildman–Crippen MR) is 135 cm³/mol. The van der Waals surface area contributed by atoms with Gasteiger partial charge in [0.05, 0.1) is 24.7 Å². The Morgan fingerprint density at radius 2 is 1.31 bits per heavy atom. The van der Waals surface area contributed by atoms with E-state index in [0.717, 1.165) is 23.3 Å². The Balaban J connectivity index is 1.79. The molecule has 0 aromatic heterocycles. The minimum atomic E-state index is -4.27. The van der Waals surface area contributed by atoms with Gasteiger partial charge in [-0.1, -0.05) is 83.1 Å². The quantitative estimate of drug-likeness (QED) is 0.173. The van der Waals surface area contributed by atoms with Crippen LogP contribution in [0.2, 0.25) is 0 Å². The van der Waals surface area contributed by atoms with Gasteiger partial charge in [-0.15, -0.1) is 0 Å². The number of hydrogen-bond acceptors (Lipinski definition) is 3. The first-order valence-corrected chi connectivity index (χ1v) is 12.9. The standard InChI is InChI=1S/C29H39F3O3/c1-3-5-7-8-9-10-21-34-27-18-16-24(17-19-27)23-12-14-25(15-13-23)28(33)35-22-20-26(11-6-4-2)29(30,31)32/h12-19,26H,3-11,20-22H2,1-2H3. The van der Waals surface area contributed by atoms with Crippen LogP contribution in [0.3, 0.4) is 0 Å². The third-order valence-corrected chi connectivity index (χ3v) is 6.14. The fourth-order valence-electron chi connectivity index (χ4n) is 3.91. The van der Waals surface area contributed by atoms with Crippen molar-refractivity contribution in [3.63, 3.8) is 0 Å². The molecule has 194 valence electrons. The summed E-state index contributed by atoms with van der Waals surface area (Å²) in [7, 11) is 0. The highest BCUT2D eigenvalue weighted by Gasteiger charge is 2.38. The van der Waals surface area contributed by atoms with Gasteiger partial charge in [-0.3, -0.25) is 0 Å². The number of halogens is 3. The Kier molecular flexibility index (Phi) is 12.7. The van der Waals surface area contributed by atoms with E-state index in [0.29, 0.717) is 25.0 Å². The third-order valence-electron chi connectivity index (χ3n) is 6.14. The maximum absolute atomic E-state index is 13.1. The lowest BCUT2D eigenvalue weighted by Crippen LogP contribution is -2.25. The molecule has 0 bridgehead atoms. The van der Waals surface area contributed by atoms with Crippen LogP contribution in [0.4, 0.5) is 13.2 Å². The van der Waals surface area contributed by atoms with E-state index in [1.165, 1.54) is 32.1 Å². The number of esters is 1. The van der Waals surface area contributed by atoms with Crippen LogP contribution in [0.25, 0.3) is 11.1 Å². The number of hydrogen-bond donors (Lipinski definition) is 0. The summed E-state index contributed by atoms with van der Waals surface area (Å²) >= 11 is 0. The average molecular weight is 493 g/mol. The second-order valence-corrected chi connectivity index (χ2v) is 9.02. The van der Waals surface area contributed by atoms with Gasteiger partial charge in [0.25, 0.3) is 0 Å². The molecule has 0 amide bonds. The Morgan fingerprint density at radius 1 is 0.743 bits per heavy atom. The molecule has 6 heteroatoms. The highest BCUT2D eigenvalue weighted by molar-refractivity contribution is 5.90. The molecule has 1 unspecified atom stereocenters. The normalized spacial score (nSPS) is 12.4. The lowest BCUT2D eigenvalue weighted by Gasteiger charge is -2.19. The van der Waals surface area contributed by atoms with E-state index in [4.69, 9.17) is 9.47 Å². The van der Waals surface area contributed by atoms with Crippen molar-refractivity contribution in [3.8, 4) is 16.9 Å². The van der Waals surface area contributed by atoms with Crippen LogP contribution >= 0.6 is 0 Å². The van der Waals surface area contributed by atoms with Crippen LogP contribution in [0.15, 0.2) is 48.5 Å². The number of carbonyl (C=O) groups is 1. The lowest BCUT2D eigenvalue weighted by atomic mass is 9.98. The number of unbranched alkanes of at least 4 members (excludes halogenated alkanes) is 6. The second kappa shape index (κ2) is 15.5. The summed E-state index contributed by atoms with van der Waals surface area (Å²) in [5.41, 5.74) is 2.24. The van der Waals surface area contributed by atoms with Gasteiger partial charge in [-0.25, -0.2) is 4.79 Å². The Bertz CT molecular complexity index is 845. The first-order chi connectivity index (χ1) is 16.8. The van der Waals surface area contributed by atoms with Crippen LogP contribution in [0.1, 0.15) is 88.4 Å². The first kappa shape index (κ1) is 28.7. The smallest absolute Gasteiger partial charge is 0.391 e. The molecule has 2 aromatic carbocycles. The molecule has 0 N–H and O–H groups in total. The van der Waals surface area contributed by atoms with Crippen LogP contribution in [0, 0.1) is 5.92 Å². The minimum Gasteiger partial charge on any atom is -0.494 e. The summed E-state index contributed by atoms with van der Waals surface area (Å²) in [6.07, 6.45) is 4.14. The Morgan fingerprint density at radius 3 is 1.91 bits per heavy atom. The predicted octanol–water partition coefficient (Wildman–Crippen LogP) is 9.01. The molecule has 0 aliphatic rings. The van der Waals surface area contributed by atoms with Crippen molar-refractivity contribution in [3.05, 3.63) is 54.1 Å². The fourth-order valence-corrected chi connectivity index (χ4v) is 3.91. The molecule has 0 aliphatic carbocycles. The summed E-state index contributed by atoms with van der Waals surface area (Å²) in [6.45, 7) is 4.54. The van der Waals surface area contributed by atoms with E-state index in [2.05, 4.69) is 6.92 Å². The van der Waals surface area contributed by atoms with E-state index in [-0.39, 0.29) is 19.4 Å². The molecule has 35 heavy (non-hydrogen) atoms. The summed E-state index contributed by atoms with van der Waals surface area (Å²) in [6, 6.07) is 14.7. The van der Waals surface area contributed by atoms with Gasteiger partial charge in [0.1, 0.15) is 5.75 Å². The number of benzene rings is 2. The molecule has 0 spiro atoms. The monoisotopic (exact) mass is 492 g/mol. The molecule has 3 nitrogen and oxygen atoms in total. The average Bonchev–Trinajstić information content (AvgIpc) is 2.85. The minimum absolute atomic E-state index is 0.0646. The van der Waals surface area contributed by atoms with Gasteiger partial charge in [0, 0.05) is 0 Å². The van der Waals surface area contributed by atoms with Gasteiger partial charge in [-0.2, -0.15) is 13.2 Å². The molecular weight excluding hydrogens is 453 g/mol. The fraction of sp³-hybridized carbons (Fsp3) is 0.552. The van der Waals surface area contributed by atoms with E-state index in [9.17, 15) is 18.0 Å². The number of rotatable bonds is 16. The van der Waals surface area contributed by atoms with E-state index in [1.807, 2.05) is 43.3 Å².